The van der Waals surface area contributed by atoms with E-state index < -0.39 is 0 Å². The maximum absolute atomic E-state index is 12.7. The summed E-state index contributed by atoms with van der Waals surface area (Å²) < 4.78 is 18.1. The molecule has 0 heterocycles. The first-order chi connectivity index (χ1) is 8.26. The predicted molar refractivity (Wildman–Crippen MR) is 69.3 cm³/mol. The summed E-state index contributed by atoms with van der Waals surface area (Å²) in [5, 5.41) is 0. The second kappa shape index (κ2) is 8.47. The van der Waals surface area contributed by atoms with Crippen LogP contribution in [0.2, 0.25) is 0 Å². The van der Waals surface area contributed by atoms with Crippen LogP contribution in [-0.4, -0.2) is 25.0 Å². The second-order valence-corrected chi connectivity index (χ2v) is 4.80. The number of nitrogens with two attached hydrogens (primary N) is 1. The third kappa shape index (κ3) is 6.02. The van der Waals surface area contributed by atoms with Gasteiger partial charge in [-0.2, -0.15) is 0 Å². The molecule has 0 fully saturated rings. The molecule has 0 saturated heterocycles. The molecule has 3 nitrogen and oxygen atoms in total. The Labute approximate surface area is 106 Å². The van der Waals surface area contributed by atoms with Crippen molar-refractivity contribution in [1.29, 1.82) is 0 Å². The average Bonchev–Trinajstić information content (AvgIpc) is 2.35. The zero-order chi connectivity index (χ0) is 12.5. The van der Waals surface area contributed by atoms with E-state index in [1.165, 1.54) is 12.1 Å². The maximum atomic E-state index is 12.7. The number of hydrazine groups is 1. The molecule has 5 heteroatoms. The van der Waals surface area contributed by atoms with Gasteiger partial charge in [0.2, 0.25) is 0 Å². The summed E-state index contributed by atoms with van der Waals surface area (Å²) in [5.41, 5.74) is 2.72. The van der Waals surface area contributed by atoms with Gasteiger partial charge in [0.1, 0.15) is 5.82 Å². The number of ether oxygens (including phenoxy) is 1. The van der Waals surface area contributed by atoms with Crippen LogP contribution in [0.25, 0.3) is 0 Å². The smallest absolute Gasteiger partial charge is 0.123 e. The van der Waals surface area contributed by atoms with Crippen molar-refractivity contribution >= 4 is 11.8 Å². The lowest BCUT2D eigenvalue weighted by molar-refractivity contribution is 0.117. The van der Waals surface area contributed by atoms with Crippen LogP contribution in [-0.2, 0) is 4.74 Å². The van der Waals surface area contributed by atoms with Gasteiger partial charge in [-0.15, -0.1) is 11.8 Å². The molecule has 0 aromatic heterocycles. The van der Waals surface area contributed by atoms with Gasteiger partial charge in [-0.05, 0) is 30.7 Å². The molecule has 3 N–H and O–H groups in total. The summed E-state index contributed by atoms with van der Waals surface area (Å²) in [6.07, 6.45) is 1.00. The van der Waals surface area contributed by atoms with Crippen LogP contribution in [0, 0.1) is 5.82 Å². The highest BCUT2D eigenvalue weighted by atomic mass is 32.2. The number of hydrogen-bond donors (Lipinski definition) is 2. The number of thioether (sulfide) groups is 1. The zero-order valence-corrected chi connectivity index (χ0v) is 10.8. The third-order valence-corrected chi connectivity index (χ3v) is 3.34. The summed E-state index contributed by atoms with van der Waals surface area (Å²) in [4.78, 5) is 1.03. The molecule has 1 aromatic rings. The predicted octanol–water partition coefficient (Wildman–Crippen LogP) is 2.18. The molecule has 0 bridgehead atoms. The van der Waals surface area contributed by atoms with Crippen LogP contribution < -0.4 is 11.3 Å². The van der Waals surface area contributed by atoms with Crippen LogP contribution in [0.1, 0.15) is 13.3 Å². The summed E-state index contributed by atoms with van der Waals surface area (Å²) in [5.74, 6) is 6.02. The van der Waals surface area contributed by atoms with E-state index in [9.17, 15) is 4.39 Å². The van der Waals surface area contributed by atoms with Crippen LogP contribution >= 0.6 is 11.8 Å². The van der Waals surface area contributed by atoms with E-state index in [0.29, 0.717) is 6.61 Å². The first-order valence-corrected chi connectivity index (χ1v) is 6.67. The first kappa shape index (κ1) is 14.4. The van der Waals surface area contributed by atoms with E-state index in [0.717, 1.165) is 23.7 Å². The van der Waals surface area contributed by atoms with Crippen molar-refractivity contribution in [2.45, 2.75) is 24.3 Å². The van der Waals surface area contributed by atoms with E-state index in [2.05, 4.69) is 12.3 Å². The van der Waals surface area contributed by atoms with Crippen LogP contribution in [0.5, 0.6) is 0 Å². The van der Waals surface area contributed by atoms with Crippen molar-refractivity contribution < 1.29 is 9.13 Å². The van der Waals surface area contributed by atoms with Gasteiger partial charge >= 0.3 is 0 Å². The molecule has 0 saturated carbocycles. The van der Waals surface area contributed by atoms with Crippen molar-refractivity contribution in [1.82, 2.24) is 5.43 Å². The fraction of sp³-hybridized carbons (Fsp3) is 0.500. The van der Waals surface area contributed by atoms with Gasteiger partial charge in [-0.25, -0.2) is 4.39 Å². The van der Waals surface area contributed by atoms with E-state index in [4.69, 9.17) is 10.6 Å². The van der Waals surface area contributed by atoms with Gasteiger partial charge in [0.25, 0.3) is 0 Å². The SMILES string of the molecule is CCCOCC(CSc1ccc(F)cc1)NN. The van der Waals surface area contributed by atoms with E-state index >= 15 is 0 Å². The lowest BCUT2D eigenvalue weighted by Crippen LogP contribution is -2.40. The highest BCUT2D eigenvalue weighted by Crippen LogP contribution is 2.18. The van der Waals surface area contributed by atoms with E-state index in [-0.39, 0.29) is 11.9 Å². The molecular weight excluding hydrogens is 239 g/mol. The molecule has 0 aliphatic heterocycles. The van der Waals surface area contributed by atoms with E-state index in [1.54, 1.807) is 23.9 Å². The van der Waals surface area contributed by atoms with Gasteiger partial charge in [0.15, 0.2) is 0 Å². The normalized spacial score (nSPS) is 12.6. The van der Waals surface area contributed by atoms with Crippen molar-refractivity contribution in [2.24, 2.45) is 5.84 Å². The monoisotopic (exact) mass is 258 g/mol. The van der Waals surface area contributed by atoms with Crippen LogP contribution in [0.4, 0.5) is 4.39 Å². The van der Waals surface area contributed by atoms with Crippen molar-refractivity contribution in [2.75, 3.05) is 19.0 Å². The molecule has 1 rings (SSSR count). The topological polar surface area (TPSA) is 47.3 Å². The summed E-state index contributed by atoms with van der Waals surface area (Å²) in [7, 11) is 0. The minimum Gasteiger partial charge on any atom is -0.380 e. The second-order valence-electron chi connectivity index (χ2n) is 3.70. The third-order valence-electron chi connectivity index (χ3n) is 2.17. The molecule has 1 aromatic carbocycles. The summed E-state index contributed by atoms with van der Waals surface area (Å²) in [6.45, 7) is 3.41. The highest BCUT2D eigenvalue weighted by Gasteiger charge is 2.07. The van der Waals surface area contributed by atoms with Crippen molar-refractivity contribution in [3.8, 4) is 0 Å². The Balaban J connectivity index is 2.29. The van der Waals surface area contributed by atoms with Gasteiger partial charge in [0, 0.05) is 17.3 Å². The molecule has 0 aliphatic rings. The Bertz CT molecular complexity index is 308. The molecule has 0 aliphatic carbocycles. The lowest BCUT2D eigenvalue weighted by atomic mass is 10.3. The average molecular weight is 258 g/mol. The Hall–Kier alpha value is -0.620. The van der Waals surface area contributed by atoms with Gasteiger partial charge < -0.3 is 4.74 Å². The number of nitrogens with one attached hydrogen (secondary N) is 1. The molecule has 1 unspecified atom stereocenters. The van der Waals surface area contributed by atoms with Crippen LogP contribution in [0.15, 0.2) is 29.2 Å². The Morgan fingerprint density at radius 3 is 2.71 bits per heavy atom. The molecular formula is C12H19FN2OS. The minimum absolute atomic E-state index is 0.108. The Morgan fingerprint density at radius 2 is 2.12 bits per heavy atom. The standard InChI is InChI=1S/C12H19FN2OS/c1-2-7-16-8-11(15-14)9-17-12-5-3-10(13)4-6-12/h3-6,11,15H,2,7-9,14H2,1H3. The van der Waals surface area contributed by atoms with Gasteiger partial charge in [-0.3, -0.25) is 11.3 Å². The number of halogens is 1. The zero-order valence-electron chi connectivity index (χ0n) is 9.99. The molecule has 0 radical (unpaired) electrons. The largest absolute Gasteiger partial charge is 0.380 e. The molecule has 0 amide bonds. The highest BCUT2D eigenvalue weighted by molar-refractivity contribution is 7.99. The fourth-order valence-electron chi connectivity index (χ4n) is 1.24. The lowest BCUT2D eigenvalue weighted by Gasteiger charge is -2.15. The van der Waals surface area contributed by atoms with Crippen LogP contribution in [0.3, 0.4) is 0 Å². The van der Waals surface area contributed by atoms with Crippen molar-refractivity contribution in [3.05, 3.63) is 30.1 Å². The molecule has 1 atom stereocenters. The van der Waals surface area contributed by atoms with Gasteiger partial charge in [0.05, 0.1) is 12.6 Å². The first-order valence-electron chi connectivity index (χ1n) is 5.68. The molecule has 17 heavy (non-hydrogen) atoms. The number of rotatable bonds is 8. The summed E-state index contributed by atoms with van der Waals surface area (Å²) in [6, 6.07) is 6.55. The molecule has 0 spiro atoms. The minimum atomic E-state index is -0.214. The number of hydrogen-bond acceptors (Lipinski definition) is 4. The van der Waals surface area contributed by atoms with Crippen molar-refractivity contribution in [3.63, 3.8) is 0 Å². The molecule has 96 valence electrons. The maximum Gasteiger partial charge on any atom is 0.123 e. The summed E-state index contributed by atoms with van der Waals surface area (Å²) >= 11 is 1.63. The number of benzene rings is 1. The quantitative estimate of drug-likeness (QED) is 0.325. The Morgan fingerprint density at radius 1 is 1.41 bits per heavy atom. The van der Waals surface area contributed by atoms with Gasteiger partial charge in [-0.1, -0.05) is 6.92 Å². The Kier molecular flexibility index (Phi) is 7.19. The fourth-order valence-corrected chi connectivity index (χ4v) is 2.16. The van der Waals surface area contributed by atoms with E-state index in [1.807, 2.05) is 0 Å².